The van der Waals surface area contributed by atoms with Gasteiger partial charge in [-0.25, -0.2) is 4.72 Å². The van der Waals surface area contributed by atoms with Crippen LogP contribution in [0.25, 0.3) is 0 Å². The van der Waals surface area contributed by atoms with Gasteiger partial charge in [-0.1, -0.05) is 44.2 Å². The summed E-state index contributed by atoms with van der Waals surface area (Å²) in [5.41, 5.74) is 1.17. The third-order valence-corrected chi connectivity index (χ3v) is 4.74. The van der Waals surface area contributed by atoms with E-state index in [1.54, 1.807) is 7.05 Å². The van der Waals surface area contributed by atoms with E-state index < -0.39 is 10.2 Å². The highest BCUT2D eigenvalue weighted by Gasteiger charge is 2.18. The summed E-state index contributed by atoms with van der Waals surface area (Å²) in [5.74, 6) is 0.214. The van der Waals surface area contributed by atoms with Crippen LogP contribution in [0.4, 0.5) is 0 Å². The van der Waals surface area contributed by atoms with Gasteiger partial charge in [-0.3, -0.25) is 0 Å². The Bertz CT molecular complexity index is 445. The van der Waals surface area contributed by atoms with E-state index in [1.807, 2.05) is 37.3 Å². The van der Waals surface area contributed by atoms with Crippen molar-refractivity contribution < 1.29 is 8.42 Å². The summed E-state index contributed by atoms with van der Waals surface area (Å²) >= 11 is 0. The average molecular weight is 270 g/mol. The maximum Gasteiger partial charge on any atom is 0.279 e. The lowest BCUT2D eigenvalue weighted by atomic mass is 9.97. The zero-order chi connectivity index (χ0) is 13.6. The molecule has 4 nitrogen and oxygen atoms in total. The van der Waals surface area contributed by atoms with Crippen LogP contribution < -0.4 is 4.72 Å². The molecule has 18 heavy (non-hydrogen) atoms. The smallest absolute Gasteiger partial charge is 0.202 e. The van der Waals surface area contributed by atoms with Gasteiger partial charge in [-0.05, 0) is 17.9 Å². The summed E-state index contributed by atoms with van der Waals surface area (Å²) in [6.45, 7) is 4.79. The number of hydrogen-bond donors (Lipinski definition) is 1. The first kappa shape index (κ1) is 15.1. The standard InChI is InChI=1S/C13H22N2O2S/c1-4-12(13-9-7-6-8-10-13)11-14-18(16,17)15(3)5-2/h6-10,12,14H,4-5,11H2,1-3H3/t12-/m1/s1. The van der Waals surface area contributed by atoms with Crippen LogP contribution in [0, 0.1) is 0 Å². The van der Waals surface area contributed by atoms with Crippen LogP contribution in [0.2, 0.25) is 0 Å². The molecule has 5 heteroatoms. The van der Waals surface area contributed by atoms with E-state index >= 15 is 0 Å². The van der Waals surface area contributed by atoms with Crippen molar-refractivity contribution in [2.45, 2.75) is 26.2 Å². The van der Waals surface area contributed by atoms with Crippen LogP contribution in [0.3, 0.4) is 0 Å². The van der Waals surface area contributed by atoms with E-state index in [9.17, 15) is 8.42 Å². The van der Waals surface area contributed by atoms with Gasteiger partial charge in [0.25, 0.3) is 10.2 Å². The molecule has 0 heterocycles. The molecule has 1 aromatic rings. The maximum absolute atomic E-state index is 11.8. The third kappa shape index (κ3) is 4.08. The van der Waals surface area contributed by atoms with Crippen molar-refractivity contribution in [2.24, 2.45) is 0 Å². The molecule has 0 aliphatic carbocycles. The summed E-state index contributed by atoms with van der Waals surface area (Å²) < 4.78 is 27.6. The van der Waals surface area contributed by atoms with Crippen LogP contribution in [-0.2, 0) is 10.2 Å². The molecule has 0 fully saturated rings. The fraction of sp³-hybridized carbons (Fsp3) is 0.538. The predicted octanol–water partition coefficient (Wildman–Crippen LogP) is 1.97. The molecule has 0 aliphatic heterocycles. The molecule has 1 rings (SSSR count). The highest BCUT2D eigenvalue weighted by atomic mass is 32.2. The van der Waals surface area contributed by atoms with E-state index in [0.29, 0.717) is 13.1 Å². The number of benzene rings is 1. The number of nitrogens with one attached hydrogen (secondary N) is 1. The minimum absolute atomic E-state index is 0.214. The SMILES string of the molecule is CC[C@H](CNS(=O)(=O)N(C)CC)c1ccccc1. The second-order valence-electron chi connectivity index (χ2n) is 4.28. The van der Waals surface area contributed by atoms with E-state index in [2.05, 4.69) is 11.6 Å². The molecule has 1 aromatic carbocycles. The topological polar surface area (TPSA) is 49.4 Å². The lowest BCUT2D eigenvalue weighted by Crippen LogP contribution is -2.39. The Morgan fingerprint density at radius 2 is 1.83 bits per heavy atom. The van der Waals surface area contributed by atoms with Crippen molar-refractivity contribution in [2.75, 3.05) is 20.1 Å². The molecule has 0 bridgehead atoms. The van der Waals surface area contributed by atoms with Gasteiger partial charge < -0.3 is 0 Å². The first-order valence-corrected chi connectivity index (χ1v) is 7.71. The molecule has 0 spiro atoms. The second kappa shape index (κ2) is 6.87. The monoisotopic (exact) mass is 270 g/mol. The Kier molecular flexibility index (Phi) is 5.78. The van der Waals surface area contributed by atoms with Crippen LogP contribution in [0.1, 0.15) is 31.7 Å². The van der Waals surface area contributed by atoms with Crippen LogP contribution in [0.15, 0.2) is 30.3 Å². The fourth-order valence-corrected chi connectivity index (χ4v) is 2.68. The largest absolute Gasteiger partial charge is 0.279 e. The van der Waals surface area contributed by atoms with Crippen molar-refractivity contribution >= 4 is 10.2 Å². The number of rotatable bonds is 7. The Morgan fingerprint density at radius 1 is 1.22 bits per heavy atom. The summed E-state index contributed by atoms with van der Waals surface area (Å²) in [6.07, 6.45) is 0.905. The number of hydrogen-bond acceptors (Lipinski definition) is 2. The molecular weight excluding hydrogens is 248 g/mol. The second-order valence-corrected chi connectivity index (χ2v) is 6.15. The summed E-state index contributed by atoms with van der Waals surface area (Å²) in [5, 5.41) is 0. The lowest BCUT2D eigenvalue weighted by Gasteiger charge is -2.20. The zero-order valence-electron chi connectivity index (χ0n) is 11.3. The highest BCUT2D eigenvalue weighted by molar-refractivity contribution is 7.87. The van der Waals surface area contributed by atoms with Gasteiger partial charge in [0.1, 0.15) is 0 Å². The van der Waals surface area contributed by atoms with Crippen molar-refractivity contribution in [1.29, 1.82) is 0 Å². The summed E-state index contributed by atoms with van der Waals surface area (Å²) in [6, 6.07) is 9.98. The van der Waals surface area contributed by atoms with Crippen molar-refractivity contribution in [3.8, 4) is 0 Å². The molecule has 0 saturated heterocycles. The minimum Gasteiger partial charge on any atom is -0.202 e. The van der Waals surface area contributed by atoms with Crippen LogP contribution in [-0.4, -0.2) is 32.9 Å². The van der Waals surface area contributed by atoms with Gasteiger partial charge in [0.15, 0.2) is 0 Å². The van der Waals surface area contributed by atoms with E-state index in [-0.39, 0.29) is 5.92 Å². The Balaban J connectivity index is 2.67. The summed E-state index contributed by atoms with van der Waals surface area (Å²) in [7, 11) is -1.76. The Morgan fingerprint density at radius 3 is 2.33 bits per heavy atom. The molecule has 0 aromatic heterocycles. The molecular formula is C13H22N2O2S. The molecule has 102 valence electrons. The molecule has 0 amide bonds. The first-order chi connectivity index (χ1) is 8.51. The zero-order valence-corrected chi connectivity index (χ0v) is 12.1. The third-order valence-electron chi connectivity index (χ3n) is 3.13. The average Bonchev–Trinajstić information content (AvgIpc) is 2.39. The fourth-order valence-electron chi connectivity index (χ4n) is 1.71. The van der Waals surface area contributed by atoms with Gasteiger partial charge >= 0.3 is 0 Å². The number of nitrogens with zero attached hydrogens (tertiary/aromatic N) is 1. The lowest BCUT2D eigenvalue weighted by molar-refractivity contribution is 0.468. The van der Waals surface area contributed by atoms with Crippen LogP contribution >= 0.6 is 0 Å². The van der Waals surface area contributed by atoms with Crippen molar-refractivity contribution in [3.05, 3.63) is 35.9 Å². The van der Waals surface area contributed by atoms with Gasteiger partial charge in [0, 0.05) is 20.1 Å². The Labute approximate surface area is 110 Å². The van der Waals surface area contributed by atoms with Gasteiger partial charge in [0.05, 0.1) is 0 Å². The van der Waals surface area contributed by atoms with Gasteiger partial charge in [-0.15, -0.1) is 0 Å². The molecule has 0 saturated carbocycles. The molecule has 0 unspecified atom stereocenters. The highest BCUT2D eigenvalue weighted by Crippen LogP contribution is 2.18. The molecule has 0 radical (unpaired) electrons. The van der Waals surface area contributed by atoms with E-state index in [0.717, 1.165) is 6.42 Å². The first-order valence-electron chi connectivity index (χ1n) is 6.27. The summed E-state index contributed by atoms with van der Waals surface area (Å²) in [4.78, 5) is 0. The molecule has 0 aliphatic rings. The minimum atomic E-state index is -3.34. The molecule has 1 N–H and O–H groups in total. The van der Waals surface area contributed by atoms with Gasteiger partial charge in [0.2, 0.25) is 0 Å². The Hall–Kier alpha value is -0.910. The predicted molar refractivity (Wildman–Crippen MR) is 74.7 cm³/mol. The van der Waals surface area contributed by atoms with Crippen molar-refractivity contribution in [3.63, 3.8) is 0 Å². The van der Waals surface area contributed by atoms with Crippen LogP contribution in [0.5, 0.6) is 0 Å². The van der Waals surface area contributed by atoms with E-state index in [1.165, 1.54) is 9.87 Å². The van der Waals surface area contributed by atoms with Gasteiger partial charge in [-0.2, -0.15) is 12.7 Å². The normalized spacial score (nSPS) is 13.8. The molecule has 1 atom stereocenters. The van der Waals surface area contributed by atoms with E-state index in [4.69, 9.17) is 0 Å². The maximum atomic E-state index is 11.8. The van der Waals surface area contributed by atoms with Crippen molar-refractivity contribution in [1.82, 2.24) is 9.03 Å². The quantitative estimate of drug-likeness (QED) is 0.823.